The molecule has 7 nitrogen and oxygen atoms in total. The van der Waals surface area contributed by atoms with Gasteiger partial charge in [-0.25, -0.2) is 4.98 Å². The maximum Gasteiger partial charge on any atom is 0.416 e. The first kappa shape index (κ1) is 20.2. The average Bonchev–Trinajstić information content (AvgIpc) is 2.61. The number of amides is 2. The molecular formula is C16H12ClF3N4O3S. The third-order valence-corrected chi connectivity index (χ3v) is 4.90. The molecule has 1 aromatic carbocycles. The molecule has 1 aromatic heterocycles. The highest BCUT2D eigenvalue weighted by molar-refractivity contribution is 7.98. The lowest BCUT2D eigenvalue weighted by atomic mass is 9.92. The summed E-state index contributed by atoms with van der Waals surface area (Å²) in [7, 11) is 0. The van der Waals surface area contributed by atoms with E-state index in [1.165, 1.54) is 0 Å². The number of carbonyl (C=O) groups is 2. The van der Waals surface area contributed by atoms with Crippen molar-refractivity contribution in [3.8, 4) is 0 Å². The summed E-state index contributed by atoms with van der Waals surface area (Å²) in [6.45, 7) is 0. The monoisotopic (exact) mass is 432 g/mol. The minimum absolute atomic E-state index is 0.0559. The smallest absolute Gasteiger partial charge is 0.324 e. The Labute approximate surface area is 165 Å². The molecular weight excluding hydrogens is 421 g/mol. The van der Waals surface area contributed by atoms with E-state index in [2.05, 4.69) is 20.6 Å². The number of aromatic nitrogens is 2. The lowest BCUT2D eigenvalue weighted by Crippen LogP contribution is -2.36. The number of aromatic amines is 1. The molecule has 0 spiro atoms. The zero-order chi connectivity index (χ0) is 20.6. The number of alkyl halides is 3. The van der Waals surface area contributed by atoms with Gasteiger partial charge in [0.05, 0.1) is 27.8 Å². The molecule has 0 saturated carbocycles. The molecule has 1 unspecified atom stereocenters. The van der Waals surface area contributed by atoms with Gasteiger partial charge in [-0.05, 0) is 24.5 Å². The van der Waals surface area contributed by atoms with Gasteiger partial charge in [-0.2, -0.15) is 13.2 Å². The van der Waals surface area contributed by atoms with Crippen molar-refractivity contribution >= 4 is 46.7 Å². The molecule has 3 rings (SSSR count). The van der Waals surface area contributed by atoms with E-state index >= 15 is 0 Å². The molecule has 0 bridgehead atoms. The lowest BCUT2D eigenvalue weighted by molar-refractivity contribution is -0.137. The number of nitrogens with one attached hydrogen (secondary N) is 3. The van der Waals surface area contributed by atoms with Crippen molar-refractivity contribution in [3.63, 3.8) is 0 Å². The Morgan fingerprint density at radius 1 is 1.36 bits per heavy atom. The van der Waals surface area contributed by atoms with Crippen LogP contribution >= 0.6 is 23.4 Å². The number of nitrogens with zero attached hydrogens (tertiary/aromatic N) is 1. The molecule has 0 saturated heterocycles. The molecule has 12 heteroatoms. The molecule has 3 N–H and O–H groups in total. The third kappa shape index (κ3) is 3.99. The van der Waals surface area contributed by atoms with Crippen LogP contribution in [0, 0.1) is 0 Å². The number of thioether (sulfide) groups is 1. The first-order valence-corrected chi connectivity index (χ1v) is 9.36. The predicted octanol–water partition coefficient (Wildman–Crippen LogP) is 3.23. The Bertz CT molecular complexity index is 1030. The molecule has 1 aliphatic rings. The average molecular weight is 433 g/mol. The topological polar surface area (TPSA) is 104 Å². The summed E-state index contributed by atoms with van der Waals surface area (Å²) in [5.74, 6) is -2.68. The molecule has 0 radical (unpaired) electrons. The van der Waals surface area contributed by atoms with Crippen LogP contribution in [0.4, 0.5) is 24.7 Å². The second kappa shape index (κ2) is 7.47. The Morgan fingerprint density at radius 3 is 2.71 bits per heavy atom. The fraction of sp³-hybridized carbons (Fsp3) is 0.250. The number of fused-ring (bicyclic) bond motifs is 1. The van der Waals surface area contributed by atoms with E-state index in [1.807, 2.05) is 0 Å². The Kier molecular flexibility index (Phi) is 5.39. The van der Waals surface area contributed by atoms with Crippen molar-refractivity contribution in [3.05, 3.63) is 44.7 Å². The van der Waals surface area contributed by atoms with Crippen LogP contribution in [0.5, 0.6) is 0 Å². The van der Waals surface area contributed by atoms with Gasteiger partial charge in [0.1, 0.15) is 5.82 Å². The van der Waals surface area contributed by atoms with Crippen LogP contribution in [-0.4, -0.2) is 28.0 Å². The Morgan fingerprint density at radius 2 is 2.07 bits per heavy atom. The summed E-state index contributed by atoms with van der Waals surface area (Å²) in [6.07, 6.45) is -3.33. The van der Waals surface area contributed by atoms with Gasteiger partial charge >= 0.3 is 6.18 Å². The number of H-pyrrole nitrogens is 1. The van der Waals surface area contributed by atoms with E-state index in [-0.39, 0.29) is 33.7 Å². The summed E-state index contributed by atoms with van der Waals surface area (Å²) < 4.78 is 38.7. The summed E-state index contributed by atoms with van der Waals surface area (Å²) in [6, 6.07) is 2.46. The van der Waals surface area contributed by atoms with Crippen molar-refractivity contribution in [1.82, 2.24) is 9.97 Å². The van der Waals surface area contributed by atoms with Crippen molar-refractivity contribution in [1.29, 1.82) is 0 Å². The van der Waals surface area contributed by atoms with Gasteiger partial charge in [-0.15, -0.1) is 0 Å². The van der Waals surface area contributed by atoms with Gasteiger partial charge in [-0.3, -0.25) is 14.4 Å². The number of benzene rings is 1. The minimum atomic E-state index is -4.63. The number of halogens is 4. The summed E-state index contributed by atoms with van der Waals surface area (Å²) in [5, 5.41) is 4.82. The van der Waals surface area contributed by atoms with Crippen molar-refractivity contribution < 1.29 is 22.8 Å². The molecule has 0 aliphatic carbocycles. The van der Waals surface area contributed by atoms with Gasteiger partial charge in [0, 0.05) is 6.42 Å². The number of anilines is 2. The first-order valence-electron chi connectivity index (χ1n) is 7.76. The number of carbonyl (C=O) groups excluding carboxylic acids is 2. The SMILES string of the molecule is CSc1nc2c(c(=O)[nH]1)C(C(=O)Nc1cc(C(F)(F)F)ccc1Cl)CC(=O)N2. The highest BCUT2D eigenvalue weighted by Gasteiger charge is 2.36. The van der Waals surface area contributed by atoms with E-state index in [0.717, 1.165) is 23.9 Å². The summed E-state index contributed by atoms with van der Waals surface area (Å²) in [4.78, 5) is 43.5. The normalized spacial score (nSPS) is 16.3. The number of rotatable bonds is 3. The van der Waals surface area contributed by atoms with Crippen molar-refractivity contribution in [2.75, 3.05) is 16.9 Å². The molecule has 1 atom stereocenters. The van der Waals surface area contributed by atoms with Gasteiger partial charge in [-0.1, -0.05) is 23.4 Å². The van der Waals surface area contributed by atoms with E-state index in [4.69, 9.17) is 11.6 Å². The minimum Gasteiger partial charge on any atom is -0.324 e. The van der Waals surface area contributed by atoms with Crippen LogP contribution in [0.25, 0.3) is 0 Å². The molecule has 1 aliphatic heterocycles. The van der Waals surface area contributed by atoms with E-state index in [9.17, 15) is 27.6 Å². The van der Waals surface area contributed by atoms with Crippen molar-refractivity contribution in [2.24, 2.45) is 0 Å². The standard InChI is InChI=1S/C16H12ClF3N4O3S/c1-28-15-23-12-11(14(27)24-15)7(5-10(25)22-12)13(26)21-9-4-6(16(18,19)20)2-3-8(9)17/h2-4,7H,5H2,1H3,(H,21,26)(H2,22,23,24,25,27). The number of hydrogen-bond acceptors (Lipinski definition) is 5. The maximum absolute atomic E-state index is 12.9. The largest absolute Gasteiger partial charge is 0.416 e. The van der Waals surface area contributed by atoms with E-state index in [0.29, 0.717) is 6.07 Å². The molecule has 2 aromatic rings. The zero-order valence-electron chi connectivity index (χ0n) is 14.1. The lowest BCUT2D eigenvalue weighted by Gasteiger charge is -2.23. The van der Waals surface area contributed by atoms with Crippen LogP contribution in [-0.2, 0) is 15.8 Å². The molecule has 148 valence electrons. The fourth-order valence-corrected chi connectivity index (χ4v) is 3.23. The van der Waals surface area contributed by atoms with Crippen LogP contribution in [0.3, 0.4) is 0 Å². The van der Waals surface area contributed by atoms with Crippen molar-refractivity contribution in [2.45, 2.75) is 23.7 Å². The first-order chi connectivity index (χ1) is 13.1. The summed E-state index contributed by atoms with van der Waals surface area (Å²) >= 11 is 7.02. The van der Waals surface area contributed by atoms with Gasteiger partial charge in [0.2, 0.25) is 11.8 Å². The molecule has 2 heterocycles. The highest BCUT2D eigenvalue weighted by atomic mass is 35.5. The van der Waals surface area contributed by atoms with E-state index in [1.54, 1.807) is 6.26 Å². The molecule has 28 heavy (non-hydrogen) atoms. The van der Waals surface area contributed by atoms with Gasteiger partial charge in [0.15, 0.2) is 5.16 Å². The molecule has 2 amide bonds. The Hall–Kier alpha value is -2.53. The van der Waals surface area contributed by atoms with Crippen LogP contribution in [0.2, 0.25) is 5.02 Å². The zero-order valence-corrected chi connectivity index (χ0v) is 15.7. The second-order valence-corrected chi connectivity index (χ2v) is 7.03. The van der Waals surface area contributed by atoms with Crippen LogP contribution in [0.15, 0.2) is 28.2 Å². The predicted molar refractivity (Wildman–Crippen MR) is 97.7 cm³/mol. The van der Waals surface area contributed by atoms with Gasteiger partial charge in [0.25, 0.3) is 5.56 Å². The third-order valence-electron chi connectivity index (χ3n) is 3.99. The van der Waals surface area contributed by atoms with Crippen LogP contribution in [0.1, 0.15) is 23.5 Å². The van der Waals surface area contributed by atoms with E-state index < -0.39 is 35.0 Å². The maximum atomic E-state index is 12.9. The fourth-order valence-electron chi connectivity index (χ4n) is 2.69. The Balaban J connectivity index is 1.97. The summed E-state index contributed by atoms with van der Waals surface area (Å²) in [5.41, 5.74) is -1.97. The van der Waals surface area contributed by atoms with Crippen LogP contribution < -0.4 is 16.2 Å². The van der Waals surface area contributed by atoms with Gasteiger partial charge < -0.3 is 15.6 Å². The number of hydrogen-bond donors (Lipinski definition) is 3. The quantitative estimate of drug-likeness (QED) is 0.510. The second-order valence-electron chi connectivity index (χ2n) is 5.82. The molecule has 0 fully saturated rings. The highest BCUT2D eigenvalue weighted by Crippen LogP contribution is 2.35.